The molecule has 4 nitrogen and oxygen atoms in total. The van der Waals surface area contributed by atoms with E-state index in [0.717, 1.165) is 22.9 Å². The Kier molecular flexibility index (Phi) is 8.92. The predicted molar refractivity (Wildman–Crippen MR) is 92.8 cm³/mol. The van der Waals surface area contributed by atoms with E-state index in [1.807, 2.05) is 38.1 Å². The van der Waals surface area contributed by atoms with Crippen LogP contribution in [0.1, 0.15) is 52.0 Å². The molecular formula is C18H25BrO4. The molecule has 0 radical (unpaired) electrons. The lowest BCUT2D eigenvalue weighted by Crippen LogP contribution is -2.24. The number of carbonyl (C=O) groups is 2. The van der Waals surface area contributed by atoms with Crippen LogP contribution in [0.4, 0.5) is 0 Å². The highest BCUT2D eigenvalue weighted by Crippen LogP contribution is 2.15. The summed E-state index contributed by atoms with van der Waals surface area (Å²) in [5.74, 6) is -0.447. The lowest BCUT2D eigenvalue weighted by atomic mass is 10.0. The number of rotatable bonds is 9. The van der Waals surface area contributed by atoms with Gasteiger partial charge in [0.25, 0.3) is 0 Å². The van der Waals surface area contributed by atoms with Gasteiger partial charge in [-0.2, -0.15) is 0 Å². The van der Waals surface area contributed by atoms with E-state index in [9.17, 15) is 9.59 Å². The molecule has 0 aromatic heterocycles. The molecule has 5 heteroatoms. The summed E-state index contributed by atoms with van der Waals surface area (Å²) in [7, 11) is 0. The van der Waals surface area contributed by atoms with Crippen LogP contribution in [-0.2, 0) is 25.7 Å². The molecule has 1 aromatic rings. The fourth-order valence-corrected chi connectivity index (χ4v) is 2.55. The van der Waals surface area contributed by atoms with E-state index in [1.165, 1.54) is 0 Å². The third kappa shape index (κ3) is 8.16. The van der Waals surface area contributed by atoms with Crippen molar-refractivity contribution in [1.29, 1.82) is 0 Å². The Balaban J connectivity index is 2.30. The molecular weight excluding hydrogens is 360 g/mol. The number of ether oxygens (including phenoxy) is 2. The van der Waals surface area contributed by atoms with Crippen molar-refractivity contribution < 1.29 is 19.1 Å². The largest absolute Gasteiger partial charge is 0.462 e. The van der Waals surface area contributed by atoms with Crippen LogP contribution in [0.5, 0.6) is 0 Å². The number of hydrogen-bond donors (Lipinski definition) is 0. The maximum absolute atomic E-state index is 11.8. The average Bonchev–Trinajstić information content (AvgIpc) is 2.50. The van der Waals surface area contributed by atoms with Crippen LogP contribution in [0.3, 0.4) is 0 Å². The van der Waals surface area contributed by atoms with Crippen molar-refractivity contribution in [3.63, 3.8) is 0 Å². The maximum atomic E-state index is 11.8. The molecule has 0 spiro atoms. The zero-order chi connectivity index (χ0) is 17.2. The number of hydrogen-bond acceptors (Lipinski definition) is 4. The fourth-order valence-electron chi connectivity index (χ4n) is 2.11. The first-order valence-electron chi connectivity index (χ1n) is 8.02. The van der Waals surface area contributed by atoms with Gasteiger partial charge < -0.3 is 9.47 Å². The molecule has 0 amide bonds. The quantitative estimate of drug-likeness (QED) is 0.581. The highest BCUT2D eigenvalue weighted by atomic mass is 79.9. The first kappa shape index (κ1) is 19.7. The van der Waals surface area contributed by atoms with Gasteiger partial charge in [0.15, 0.2) is 0 Å². The van der Waals surface area contributed by atoms with Crippen LogP contribution < -0.4 is 0 Å². The number of esters is 2. The smallest absolute Gasteiger partial charge is 0.306 e. The first-order chi connectivity index (χ1) is 10.9. The van der Waals surface area contributed by atoms with Crippen LogP contribution in [0.2, 0.25) is 0 Å². The van der Waals surface area contributed by atoms with Gasteiger partial charge in [-0.05, 0) is 30.0 Å². The van der Waals surface area contributed by atoms with Crippen LogP contribution in [0.25, 0.3) is 0 Å². The standard InChI is InChI=1S/C18H25BrO4/c1-4-6-16(13(2)3)23-18(21)10-9-17(20)22-12-14-7-5-8-15(19)11-14/h5,7-8,11,13,16H,4,6,9-10,12H2,1-3H3. The highest BCUT2D eigenvalue weighted by Gasteiger charge is 2.18. The van der Waals surface area contributed by atoms with Gasteiger partial charge in [-0.25, -0.2) is 0 Å². The van der Waals surface area contributed by atoms with Gasteiger partial charge in [-0.3, -0.25) is 9.59 Å². The van der Waals surface area contributed by atoms with Gasteiger partial charge in [0, 0.05) is 4.47 Å². The summed E-state index contributed by atoms with van der Waals surface area (Å²) in [6.45, 7) is 6.32. The van der Waals surface area contributed by atoms with E-state index in [1.54, 1.807) is 0 Å². The molecule has 0 N–H and O–H groups in total. The van der Waals surface area contributed by atoms with E-state index in [4.69, 9.17) is 9.47 Å². The zero-order valence-corrected chi connectivity index (χ0v) is 15.6. The zero-order valence-electron chi connectivity index (χ0n) is 14.0. The Morgan fingerprint density at radius 2 is 1.87 bits per heavy atom. The van der Waals surface area contributed by atoms with Crippen molar-refractivity contribution in [3.05, 3.63) is 34.3 Å². The summed E-state index contributed by atoms with van der Waals surface area (Å²) >= 11 is 3.36. The van der Waals surface area contributed by atoms with Crippen molar-refractivity contribution in [3.8, 4) is 0 Å². The third-order valence-electron chi connectivity index (χ3n) is 3.42. The molecule has 0 saturated carbocycles. The van der Waals surface area contributed by atoms with Gasteiger partial charge in [-0.1, -0.05) is 55.3 Å². The lowest BCUT2D eigenvalue weighted by molar-refractivity contribution is -0.156. The molecule has 128 valence electrons. The molecule has 1 aromatic carbocycles. The van der Waals surface area contributed by atoms with Crippen LogP contribution in [0, 0.1) is 5.92 Å². The Hall–Kier alpha value is -1.36. The molecule has 1 atom stereocenters. The highest BCUT2D eigenvalue weighted by molar-refractivity contribution is 9.10. The summed E-state index contributed by atoms with van der Waals surface area (Å²) in [5.41, 5.74) is 0.901. The summed E-state index contributed by atoms with van der Waals surface area (Å²) in [5, 5.41) is 0. The second kappa shape index (κ2) is 10.4. The first-order valence-corrected chi connectivity index (χ1v) is 8.81. The van der Waals surface area contributed by atoms with Crippen LogP contribution >= 0.6 is 15.9 Å². The lowest BCUT2D eigenvalue weighted by Gasteiger charge is -2.20. The fraction of sp³-hybridized carbons (Fsp3) is 0.556. The van der Waals surface area contributed by atoms with Gasteiger partial charge in [0.1, 0.15) is 12.7 Å². The minimum absolute atomic E-state index is 0.0454. The van der Waals surface area contributed by atoms with E-state index < -0.39 is 5.97 Å². The molecule has 0 aliphatic carbocycles. The van der Waals surface area contributed by atoms with Gasteiger partial charge >= 0.3 is 11.9 Å². The van der Waals surface area contributed by atoms with Crippen molar-refractivity contribution >= 4 is 27.9 Å². The van der Waals surface area contributed by atoms with E-state index in [-0.39, 0.29) is 37.4 Å². The predicted octanol–water partition coefficient (Wildman–Crippen LogP) is 4.64. The van der Waals surface area contributed by atoms with E-state index >= 15 is 0 Å². The SMILES string of the molecule is CCCC(OC(=O)CCC(=O)OCc1cccc(Br)c1)C(C)C. The van der Waals surface area contributed by atoms with E-state index in [0.29, 0.717) is 0 Å². The number of benzene rings is 1. The molecule has 0 aliphatic heterocycles. The summed E-state index contributed by atoms with van der Waals surface area (Å²) in [6, 6.07) is 7.55. The topological polar surface area (TPSA) is 52.6 Å². The van der Waals surface area contributed by atoms with Crippen molar-refractivity contribution in [2.45, 2.75) is 59.2 Å². The number of halogens is 1. The van der Waals surface area contributed by atoms with Gasteiger partial charge in [0.05, 0.1) is 12.8 Å². The molecule has 0 heterocycles. The molecule has 0 saturated heterocycles. The van der Waals surface area contributed by atoms with Crippen molar-refractivity contribution in [2.75, 3.05) is 0 Å². The second-order valence-electron chi connectivity index (χ2n) is 5.85. The summed E-state index contributed by atoms with van der Waals surface area (Å²) in [6.07, 6.45) is 1.83. The van der Waals surface area contributed by atoms with Crippen molar-refractivity contribution in [2.24, 2.45) is 5.92 Å². The Morgan fingerprint density at radius 1 is 1.17 bits per heavy atom. The van der Waals surface area contributed by atoms with Gasteiger partial charge in [-0.15, -0.1) is 0 Å². The van der Waals surface area contributed by atoms with Crippen molar-refractivity contribution in [1.82, 2.24) is 0 Å². The summed E-state index contributed by atoms with van der Waals surface area (Å²) in [4.78, 5) is 23.5. The molecule has 0 bridgehead atoms. The summed E-state index contributed by atoms with van der Waals surface area (Å²) < 4.78 is 11.5. The minimum Gasteiger partial charge on any atom is -0.462 e. The Bertz CT molecular complexity index is 513. The molecule has 0 aliphatic rings. The molecule has 23 heavy (non-hydrogen) atoms. The maximum Gasteiger partial charge on any atom is 0.306 e. The van der Waals surface area contributed by atoms with Gasteiger partial charge in [0.2, 0.25) is 0 Å². The van der Waals surface area contributed by atoms with E-state index in [2.05, 4.69) is 22.9 Å². The normalized spacial score (nSPS) is 12.0. The second-order valence-corrected chi connectivity index (χ2v) is 6.77. The molecule has 0 fully saturated rings. The minimum atomic E-state index is -0.390. The Morgan fingerprint density at radius 3 is 2.48 bits per heavy atom. The van der Waals surface area contributed by atoms with Crippen LogP contribution in [-0.4, -0.2) is 18.0 Å². The number of carbonyl (C=O) groups excluding carboxylic acids is 2. The molecule has 1 rings (SSSR count). The monoisotopic (exact) mass is 384 g/mol. The average molecular weight is 385 g/mol. The third-order valence-corrected chi connectivity index (χ3v) is 3.91. The Labute approximate surface area is 146 Å². The van der Waals surface area contributed by atoms with Crippen LogP contribution in [0.15, 0.2) is 28.7 Å². The molecule has 1 unspecified atom stereocenters.